The van der Waals surface area contributed by atoms with Crippen LogP contribution in [0.15, 0.2) is 47.5 Å². The molecular weight excluding hydrogens is 320 g/mol. The highest BCUT2D eigenvalue weighted by atomic mass is 32.2. The zero-order valence-electron chi connectivity index (χ0n) is 12.4. The monoisotopic (exact) mass is 335 g/mol. The van der Waals surface area contributed by atoms with Crippen LogP contribution >= 0.6 is 0 Å². The second kappa shape index (κ2) is 7.10. The maximum absolute atomic E-state index is 12.3. The minimum absolute atomic E-state index is 0.0746. The van der Waals surface area contributed by atoms with E-state index in [4.69, 9.17) is 4.74 Å². The van der Waals surface area contributed by atoms with Crippen molar-refractivity contribution in [2.45, 2.75) is 17.7 Å². The molecular formula is C15H15N2O5S-. The van der Waals surface area contributed by atoms with Crippen molar-refractivity contribution in [2.75, 3.05) is 11.8 Å². The number of nitrogens with zero attached hydrogens (tertiary/aromatic N) is 1. The Morgan fingerprint density at radius 2 is 1.91 bits per heavy atom. The highest BCUT2D eigenvalue weighted by Gasteiger charge is 2.14. The van der Waals surface area contributed by atoms with Crippen molar-refractivity contribution in [3.8, 4) is 5.88 Å². The van der Waals surface area contributed by atoms with Crippen LogP contribution in [0.1, 0.15) is 12.0 Å². The lowest BCUT2D eigenvalue weighted by molar-refractivity contribution is -0.305. The zero-order chi connectivity index (χ0) is 16.9. The van der Waals surface area contributed by atoms with E-state index in [1.54, 1.807) is 18.2 Å². The zero-order valence-corrected chi connectivity index (χ0v) is 13.2. The molecule has 0 spiro atoms. The summed E-state index contributed by atoms with van der Waals surface area (Å²) in [5.41, 5.74) is 1.03. The van der Waals surface area contributed by atoms with E-state index in [9.17, 15) is 18.3 Å². The number of sulfonamides is 1. The minimum atomic E-state index is -3.74. The molecule has 1 aromatic heterocycles. The summed E-state index contributed by atoms with van der Waals surface area (Å²) < 4.78 is 31.8. The van der Waals surface area contributed by atoms with Crippen LogP contribution in [0.5, 0.6) is 5.88 Å². The number of rotatable bonds is 7. The molecule has 0 saturated heterocycles. The van der Waals surface area contributed by atoms with E-state index >= 15 is 0 Å². The molecule has 1 heterocycles. The fraction of sp³-hybridized carbons (Fsp3) is 0.200. The van der Waals surface area contributed by atoms with Gasteiger partial charge in [-0.05, 0) is 36.6 Å². The van der Waals surface area contributed by atoms with Gasteiger partial charge in [-0.1, -0.05) is 12.1 Å². The number of hydrogen-bond acceptors (Lipinski definition) is 6. The topological polar surface area (TPSA) is 108 Å². The van der Waals surface area contributed by atoms with Gasteiger partial charge in [0.2, 0.25) is 5.88 Å². The van der Waals surface area contributed by atoms with Crippen LogP contribution < -0.4 is 14.6 Å². The van der Waals surface area contributed by atoms with Gasteiger partial charge in [-0.25, -0.2) is 13.4 Å². The third kappa shape index (κ3) is 4.68. The van der Waals surface area contributed by atoms with Gasteiger partial charge >= 0.3 is 0 Å². The number of aromatic nitrogens is 1. The predicted octanol–water partition coefficient (Wildman–Crippen LogP) is 0.573. The van der Waals surface area contributed by atoms with E-state index in [2.05, 4.69) is 9.71 Å². The van der Waals surface area contributed by atoms with Crippen LogP contribution in [-0.4, -0.2) is 26.5 Å². The number of pyridine rings is 1. The van der Waals surface area contributed by atoms with Gasteiger partial charge in [0.05, 0.1) is 23.9 Å². The normalized spacial score (nSPS) is 11.0. The lowest BCUT2D eigenvalue weighted by Gasteiger charge is -2.09. The summed E-state index contributed by atoms with van der Waals surface area (Å²) in [6.07, 6.45) is 1.53. The Kier molecular flexibility index (Phi) is 5.17. The van der Waals surface area contributed by atoms with Gasteiger partial charge in [-0.3, -0.25) is 4.72 Å². The molecule has 8 heteroatoms. The SMILES string of the molecule is COc1ccc(NS(=O)(=O)c2ccc(CCC(=O)[O-])cc2)cn1. The number of methoxy groups -OCH3 is 1. The Balaban J connectivity index is 2.10. The van der Waals surface area contributed by atoms with E-state index in [0.717, 1.165) is 5.56 Å². The molecule has 122 valence electrons. The summed E-state index contributed by atoms with van der Waals surface area (Å²) >= 11 is 0. The van der Waals surface area contributed by atoms with Crippen LogP contribution in [0, 0.1) is 0 Å². The quantitative estimate of drug-likeness (QED) is 0.792. The second-order valence-corrected chi connectivity index (χ2v) is 6.39. The largest absolute Gasteiger partial charge is 0.550 e. The summed E-state index contributed by atoms with van der Waals surface area (Å²) in [7, 11) is -2.27. The Morgan fingerprint density at radius 3 is 2.43 bits per heavy atom. The molecule has 0 aliphatic heterocycles. The summed E-state index contributed by atoms with van der Waals surface area (Å²) in [6, 6.07) is 9.07. The first-order valence-electron chi connectivity index (χ1n) is 6.72. The summed E-state index contributed by atoms with van der Waals surface area (Å²) in [5.74, 6) is -0.763. The smallest absolute Gasteiger partial charge is 0.261 e. The van der Waals surface area contributed by atoms with Crippen LogP contribution in [0.2, 0.25) is 0 Å². The van der Waals surface area contributed by atoms with Crippen molar-refractivity contribution in [3.05, 3.63) is 48.2 Å². The number of carbonyl (C=O) groups is 1. The second-order valence-electron chi connectivity index (χ2n) is 4.71. The number of aryl methyl sites for hydroxylation is 1. The molecule has 7 nitrogen and oxygen atoms in total. The number of hydrogen-bond donors (Lipinski definition) is 1. The molecule has 0 bridgehead atoms. The van der Waals surface area contributed by atoms with Gasteiger partial charge in [0.25, 0.3) is 10.0 Å². The van der Waals surface area contributed by atoms with Crippen LogP contribution in [0.4, 0.5) is 5.69 Å². The maximum Gasteiger partial charge on any atom is 0.261 e. The molecule has 0 fully saturated rings. The highest BCUT2D eigenvalue weighted by molar-refractivity contribution is 7.92. The van der Waals surface area contributed by atoms with E-state index in [1.165, 1.54) is 31.5 Å². The van der Waals surface area contributed by atoms with Crippen LogP contribution in [-0.2, 0) is 21.2 Å². The molecule has 0 amide bonds. The number of carbonyl (C=O) groups excluding carboxylic acids is 1. The van der Waals surface area contributed by atoms with Gasteiger partial charge in [-0.15, -0.1) is 0 Å². The number of carboxylic acids is 1. The number of benzene rings is 1. The van der Waals surface area contributed by atoms with Gasteiger partial charge in [0.15, 0.2) is 0 Å². The molecule has 2 aromatic rings. The number of carboxylic acid groups (broad SMARTS) is 1. The third-order valence-electron chi connectivity index (χ3n) is 3.05. The van der Waals surface area contributed by atoms with E-state index in [0.29, 0.717) is 18.0 Å². The van der Waals surface area contributed by atoms with Crippen molar-refractivity contribution >= 4 is 21.7 Å². The average molecular weight is 335 g/mol. The summed E-state index contributed by atoms with van der Waals surface area (Å²) in [4.78, 5) is 14.4. The Hall–Kier alpha value is -2.61. The molecule has 0 aliphatic rings. The Labute approximate surface area is 134 Å². The molecule has 0 aliphatic carbocycles. The molecule has 23 heavy (non-hydrogen) atoms. The van der Waals surface area contributed by atoms with Gasteiger partial charge < -0.3 is 14.6 Å². The standard InChI is InChI=1S/C15H16N2O5S/c1-22-14-8-5-12(10-16-14)17-23(20,21)13-6-2-11(3-7-13)4-9-15(18)19/h2-3,5-8,10,17H,4,9H2,1H3,(H,18,19)/p-1. The fourth-order valence-corrected chi connectivity index (χ4v) is 2.90. The van der Waals surface area contributed by atoms with Crippen LogP contribution in [0.3, 0.4) is 0 Å². The molecule has 0 unspecified atom stereocenters. The lowest BCUT2D eigenvalue weighted by atomic mass is 10.1. The van der Waals surface area contributed by atoms with E-state index in [-0.39, 0.29) is 11.3 Å². The number of anilines is 1. The molecule has 0 saturated carbocycles. The van der Waals surface area contributed by atoms with Gasteiger partial charge in [0, 0.05) is 12.0 Å². The number of nitrogens with one attached hydrogen (secondary N) is 1. The molecule has 1 aromatic carbocycles. The van der Waals surface area contributed by atoms with Crippen molar-refractivity contribution in [3.63, 3.8) is 0 Å². The Morgan fingerprint density at radius 1 is 1.22 bits per heavy atom. The third-order valence-corrected chi connectivity index (χ3v) is 4.45. The first-order chi connectivity index (χ1) is 10.9. The van der Waals surface area contributed by atoms with Gasteiger partial charge in [0.1, 0.15) is 0 Å². The van der Waals surface area contributed by atoms with Gasteiger partial charge in [-0.2, -0.15) is 0 Å². The first kappa shape index (κ1) is 16.8. The van der Waals surface area contributed by atoms with E-state index < -0.39 is 16.0 Å². The van der Waals surface area contributed by atoms with Crippen LogP contribution in [0.25, 0.3) is 0 Å². The maximum atomic E-state index is 12.3. The summed E-state index contributed by atoms with van der Waals surface area (Å²) in [6.45, 7) is 0. The molecule has 0 radical (unpaired) electrons. The number of aliphatic carboxylic acids is 1. The van der Waals surface area contributed by atoms with Crippen molar-refractivity contribution in [1.29, 1.82) is 0 Å². The molecule has 0 atom stereocenters. The van der Waals surface area contributed by atoms with Crippen molar-refractivity contribution < 1.29 is 23.1 Å². The first-order valence-corrected chi connectivity index (χ1v) is 8.21. The fourth-order valence-electron chi connectivity index (χ4n) is 1.86. The van der Waals surface area contributed by atoms with Crippen molar-refractivity contribution in [1.82, 2.24) is 4.98 Å². The average Bonchev–Trinajstić information content (AvgIpc) is 2.53. The molecule has 2 rings (SSSR count). The Bertz CT molecular complexity index is 771. The highest BCUT2D eigenvalue weighted by Crippen LogP contribution is 2.18. The molecule has 1 N–H and O–H groups in total. The summed E-state index contributed by atoms with van der Waals surface area (Å²) in [5, 5.41) is 10.4. The van der Waals surface area contributed by atoms with E-state index in [1.807, 2.05) is 0 Å². The minimum Gasteiger partial charge on any atom is -0.550 e. The number of ether oxygens (including phenoxy) is 1. The lowest BCUT2D eigenvalue weighted by Crippen LogP contribution is -2.22. The predicted molar refractivity (Wildman–Crippen MR) is 81.4 cm³/mol. The van der Waals surface area contributed by atoms with Crippen molar-refractivity contribution in [2.24, 2.45) is 0 Å².